The highest BCUT2D eigenvalue weighted by molar-refractivity contribution is 5.85. The van der Waals surface area contributed by atoms with Gasteiger partial charge in [0.2, 0.25) is 0 Å². The molecule has 0 atom stereocenters. The van der Waals surface area contributed by atoms with E-state index in [2.05, 4.69) is 15.0 Å². The topological polar surface area (TPSA) is 80.9 Å². The van der Waals surface area contributed by atoms with Gasteiger partial charge in [0.25, 0.3) is 0 Å². The zero-order valence-electron chi connectivity index (χ0n) is 11.6. The van der Waals surface area contributed by atoms with Gasteiger partial charge in [-0.2, -0.15) is 0 Å². The molecule has 1 N–H and O–H groups in total. The van der Waals surface area contributed by atoms with Gasteiger partial charge in [0.15, 0.2) is 11.5 Å². The lowest BCUT2D eigenvalue weighted by Crippen LogP contribution is -2.02. The Labute approximate surface area is 124 Å². The highest BCUT2D eigenvalue weighted by Gasteiger charge is 2.12. The van der Waals surface area contributed by atoms with E-state index < -0.39 is 11.8 Å². The Morgan fingerprint density at radius 3 is 2.73 bits per heavy atom. The fraction of sp³-hybridized carbons (Fsp3) is 0.0667. The molecule has 0 unspecified atom stereocenters. The van der Waals surface area contributed by atoms with Crippen molar-refractivity contribution < 1.29 is 14.3 Å². The third kappa shape index (κ3) is 2.56. The van der Waals surface area contributed by atoms with Crippen LogP contribution in [0.15, 0.2) is 42.9 Å². The maximum absolute atomic E-state index is 13.9. The van der Waals surface area contributed by atoms with Crippen LogP contribution < -0.4 is 0 Å². The Balaban J connectivity index is 2.10. The van der Waals surface area contributed by atoms with Crippen LogP contribution in [-0.4, -0.2) is 30.6 Å². The summed E-state index contributed by atoms with van der Waals surface area (Å²) in [5.41, 5.74) is 0.823. The van der Waals surface area contributed by atoms with Gasteiger partial charge in [-0.05, 0) is 19.1 Å². The largest absolute Gasteiger partial charge is 0.476 e. The summed E-state index contributed by atoms with van der Waals surface area (Å²) in [6.45, 7) is 1.75. The molecular formula is C15H11FN4O2. The van der Waals surface area contributed by atoms with Crippen molar-refractivity contribution in [3.8, 4) is 17.2 Å². The number of carboxylic acid groups (broad SMARTS) is 1. The van der Waals surface area contributed by atoms with Gasteiger partial charge in [-0.3, -0.25) is 4.57 Å². The minimum absolute atomic E-state index is 0.0938. The van der Waals surface area contributed by atoms with Crippen LogP contribution in [-0.2, 0) is 0 Å². The van der Waals surface area contributed by atoms with E-state index in [1.54, 1.807) is 31.2 Å². The first-order valence-electron chi connectivity index (χ1n) is 6.43. The normalized spacial score (nSPS) is 10.6. The van der Waals surface area contributed by atoms with Crippen molar-refractivity contribution in [3.05, 3.63) is 60.1 Å². The minimum atomic E-state index is -1.13. The van der Waals surface area contributed by atoms with Gasteiger partial charge in [-0.25, -0.2) is 24.1 Å². The van der Waals surface area contributed by atoms with E-state index >= 15 is 0 Å². The summed E-state index contributed by atoms with van der Waals surface area (Å²) in [4.78, 5) is 23.2. The van der Waals surface area contributed by atoms with Crippen LogP contribution in [0.25, 0.3) is 17.2 Å². The van der Waals surface area contributed by atoms with Crippen molar-refractivity contribution in [2.75, 3.05) is 0 Å². The molecule has 0 bridgehead atoms. The molecule has 0 aliphatic heterocycles. The van der Waals surface area contributed by atoms with Crippen LogP contribution in [0.3, 0.4) is 0 Å². The van der Waals surface area contributed by atoms with Crippen molar-refractivity contribution in [1.29, 1.82) is 0 Å². The van der Waals surface area contributed by atoms with Crippen molar-refractivity contribution in [1.82, 2.24) is 19.5 Å². The van der Waals surface area contributed by atoms with Gasteiger partial charge < -0.3 is 5.11 Å². The van der Waals surface area contributed by atoms with Crippen molar-refractivity contribution in [2.24, 2.45) is 0 Å². The summed E-state index contributed by atoms with van der Waals surface area (Å²) < 4.78 is 15.3. The maximum Gasteiger partial charge on any atom is 0.356 e. The predicted octanol–water partition coefficient (Wildman–Crippen LogP) is 2.48. The monoisotopic (exact) mass is 298 g/mol. The number of hydrogen-bond acceptors (Lipinski definition) is 4. The first kappa shape index (κ1) is 13.9. The van der Waals surface area contributed by atoms with Gasteiger partial charge in [-0.15, -0.1) is 0 Å². The smallest absolute Gasteiger partial charge is 0.356 e. The Hall–Kier alpha value is -3.09. The summed E-state index contributed by atoms with van der Waals surface area (Å²) in [6.07, 6.45) is 2.69. The average molecular weight is 298 g/mol. The maximum atomic E-state index is 13.9. The number of aromatic carboxylic acids is 1. The molecule has 0 fully saturated rings. The SMILES string of the molecule is Cc1cc(-n2cnc(C(=O)O)c2)nc(-c2ccccc2F)n1. The van der Waals surface area contributed by atoms with E-state index in [0.29, 0.717) is 11.5 Å². The summed E-state index contributed by atoms with van der Waals surface area (Å²) in [7, 11) is 0. The van der Waals surface area contributed by atoms with E-state index in [9.17, 15) is 9.18 Å². The molecular weight excluding hydrogens is 287 g/mol. The summed E-state index contributed by atoms with van der Waals surface area (Å²) in [5.74, 6) is -0.890. The molecule has 0 saturated carbocycles. The Bertz CT molecular complexity index is 860. The molecule has 2 heterocycles. The van der Waals surface area contributed by atoms with Crippen molar-refractivity contribution in [3.63, 3.8) is 0 Å². The van der Waals surface area contributed by atoms with Gasteiger partial charge in [-0.1, -0.05) is 12.1 Å². The molecule has 7 heteroatoms. The van der Waals surface area contributed by atoms with E-state index in [4.69, 9.17) is 5.11 Å². The number of carboxylic acids is 1. The molecule has 0 aliphatic carbocycles. The first-order valence-corrected chi connectivity index (χ1v) is 6.43. The molecule has 0 aliphatic rings. The highest BCUT2D eigenvalue weighted by Crippen LogP contribution is 2.20. The van der Waals surface area contributed by atoms with Crippen molar-refractivity contribution in [2.45, 2.75) is 6.92 Å². The van der Waals surface area contributed by atoms with Gasteiger partial charge in [0.05, 0.1) is 5.56 Å². The Morgan fingerprint density at radius 1 is 1.27 bits per heavy atom. The fourth-order valence-electron chi connectivity index (χ4n) is 2.01. The van der Waals surface area contributed by atoms with E-state index in [0.717, 1.165) is 0 Å². The molecule has 1 aromatic carbocycles. The van der Waals surface area contributed by atoms with Crippen LogP contribution in [0, 0.1) is 12.7 Å². The lowest BCUT2D eigenvalue weighted by atomic mass is 10.2. The van der Waals surface area contributed by atoms with Crippen LogP contribution in [0.2, 0.25) is 0 Å². The van der Waals surface area contributed by atoms with Gasteiger partial charge in [0, 0.05) is 18.0 Å². The van der Waals surface area contributed by atoms with Crippen LogP contribution in [0.5, 0.6) is 0 Å². The molecule has 3 aromatic rings. The zero-order chi connectivity index (χ0) is 15.7. The number of carbonyl (C=O) groups is 1. The summed E-state index contributed by atoms with van der Waals surface area (Å²) >= 11 is 0. The highest BCUT2D eigenvalue weighted by atomic mass is 19.1. The van der Waals surface area contributed by atoms with E-state index in [-0.39, 0.29) is 17.1 Å². The molecule has 0 saturated heterocycles. The molecule has 6 nitrogen and oxygen atoms in total. The standard InChI is InChI=1S/C15H11FN4O2/c1-9-6-13(20-7-12(15(21)22)17-8-20)19-14(18-9)10-4-2-3-5-11(10)16/h2-8H,1H3,(H,21,22). The van der Waals surface area contributed by atoms with Gasteiger partial charge in [0.1, 0.15) is 18.0 Å². The second-order valence-electron chi connectivity index (χ2n) is 4.64. The number of imidazole rings is 1. The predicted molar refractivity (Wildman–Crippen MR) is 76.2 cm³/mol. The van der Waals surface area contributed by atoms with Crippen molar-refractivity contribution >= 4 is 5.97 Å². The number of halogens is 1. The lowest BCUT2D eigenvalue weighted by Gasteiger charge is -2.07. The summed E-state index contributed by atoms with van der Waals surface area (Å²) in [5, 5.41) is 8.91. The van der Waals surface area contributed by atoms with Crippen LogP contribution in [0.1, 0.15) is 16.2 Å². The molecule has 2 aromatic heterocycles. The molecule has 3 rings (SSSR count). The first-order chi connectivity index (χ1) is 10.5. The zero-order valence-corrected chi connectivity index (χ0v) is 11.6. The molecule has 22 heavy (non-hydrogen) atoms. The van der Waals surface area contributed by atoms with E-state index in [1.807, 2.05) is 0 Å². The average Bonchev–Trinajstić information content (AvgIpc) is 2.97. The second kappa shape index (κ2) is 5.36. The number of hydrogen-bond donors (Lipinski definition) is 1. The number of benzene rings is 1. The molecule has 0 spiro atoms. The molecule has 0 amide bonds. The molecule has 0 radical (unpaired) electrons. The summed E-state index contributed by atoms with van der Waals surface area (Å²) in [6, 6.07) is 7.87. The fourth-order valence-corrected chi connectivity index (χ4v) is 2.01. The third-order valence-corrected chi connectivity index (χ3v) is 3.02. The number of nitrogens with zero attached hydrogens (tertiary/aromatic N) is 4. The van der Waals surface area contributed by atoms with Crippen LogP contribution in [0.4, 0.5) is 4.39 Å². The molecule has 110 valence electrons. The van der Waals surface area contributed by atoms with Gasteiger partial charge >= 0.3 is 5.97 Å². The number of aromatic nitrogens is 4. The van der Waals surface area contributed by atoms with Crippen LogP contribution >= 0.6 is 0 Å². The van der Waals surface area contributed by atoms with E-state index in [1.165, 1.54) is 23.2 Å². The lowest BCUT2D eigenvalue weighted by molar-refractivity contribution is 0.0691. The Morgan fingerprint density at radius 2 is 2.05 bits per heavy atom. The number of aryl methyl sites for hydroxylation is 1. The quantitative estimate of drug-likeness (QED) is 0.803. The third-order valence-electron chi connectivity index (χ3n) is 3.02. The number of rotatable bonds is 3. The Kier molecular flexibility index (Phi) is 3.38. The second-order valence-corrected chi connectivity index (χ2v) is 4.64. The minimum Gasteiger partial charge on any atom is -0.476 e.